The molecule has 0 spiro atoms. The predicted molar refractivity (Wildman–Crippen MR) is 80.8 cm³/mol. The molecule has 0 aliphatic carbocycles. The molecular formula is C15H23NO3S. The molecule has 1 aliphatic rings. The maximum absolute atomic E-state index is 12.1. The SMILES string of the molecule is CCC1OCCC1CNc1ccccc1S(=O)(=O)CC. The summed E-state index contributed by atoms with van der Waals surface area (Å²) in [6, 6.07) is 7.13. The molecular weight excluding hydrogens is 274 g/mol. The van der Waals surface area contributed by atoms with E-state index >= 15 is 0 Å². The number of nitrogens with one attached hydrogen (secondary N) is 1. The Balaban J connectivity index is 2.10. The van der Waals surface area contributed by atoms with E-state index in [1.54, 1.807) is 19.1 Å². The number of ether oxygens (including phenoxy) is 1. The summed E-state index contributed by atoms with van der Waals surface area (Å²) < 4.78 is 29.8. The zero-order valence-electron chi connectivity index (χ0n) is 12.1. The summed E-state index contributed by atoms with van der Waals surface area (Å²) in [4.78, 5) is 0.398. The van der Waals surface area contributed by atoms with Gasteiger partial charge < -0.3 is 10.1 Å². The van der Waals surface area contributed by atoms with Gasteiger partial charge in [-0.3, -0.25) is 0 Å². The van der Waals surface area contributed by atoms with Crippen molar-refractivity contribution < 1.29 is 13.2 Å². The van der Waals surface area contributed by atoms with Crippen LogP contribution in [-0.4, -0.2) is 33.4 Å². The Hall–Kier alpha value is -1.07. The second-order valence-electron chi connectivity index (χ2n) is 5.15. The third-order valence-corrected chi connectivity index (χ3v) is 5.69. The number of hydrogen-bond donors (Lipinski definition) is 1. The van der Waals surface area contributed by atoms with E-state index in [0.29, 0.717) is 16.5 Å². The van der Waals surface area contributed by atoms with Crippen molar-refractivity contribution in [1.29, 1.82) is 0 Å². The Kier molecular flexibility index (Phi) is 5.05. The van der Waals surface area contributed by atoms with Gasteiger partial charge in [0, 0.05) is 19.1 Å². The smallest absolute Gasteiger partial charge is 0.180 e. The van der Waals surface area contributed by atoms with Gasteiger partial charge in [0.1, 0.15) is 0 Å². The highest BCUT2D eigenvalue weighted by atomic mass is 32.2. The quantitative estimate of drug-likeness (QED) is 0.877. The van der Waals surface area contributed by atoms with Crippen molar-refractivity contribution in [1.82, 2.24) is 0 Å². The molecule has 2 unspecified atom stereocenters. The summed E-state index contributed by atoms with van der Waals surface area (Å²) in [5, 5.41) is 3.30. The Bertz CT molecular complexity index is 542. The number of sulfone groups is 1. The lowest BCUT2D eigenvalue weighted by molar-refractivity contribution is 0.0900. The largest absolute Gasteiger partial charge is 0.384 e. The molecule has 20 heavy (non-hydrogen) atoms. The van der Waals surface area contributed by atoms with Gasteiger partial charge in [-0.2, -0.15) is 0 Å². The van der Waals surface area contributed by atoms with Crippen LogP contribution in [-0.2, 0) is 14.6 Å². The first-order valence-electron chi connectivity index (χ1n) is 7.25. The second-order valence-corrected chi connectivity index (χ2v) is 7.39. The van der Waals surface area contributed by atoms with Gasteiger partial charge in [-0.15, -0.1) is 0 Å². The standard InChI is InChI=1S/C15H23NO3S/c1-3-14-12(9-10-19-14)11-16-13-7-5-6-8-15(13)20(17,18)4-2/h5-8,12,14,16H,3-4,9-11H2,1-2H3. The van der Waals surface area contributed by atoms with Gasteiger partial charge in [0.25, 0.3) is 0 Å². The number of benzene rings is 1. The highest BCUT2D eigenvalue weighted by Crippen LogP contribution is 2.26. The van der Waals surface area contributed by atoms with Crippen LogP contribution in [0.4, 0.5) is 5.69 Å². The van der Waals surface area contributed by atoms with Crippen LogP contribution < -0.4 is 5.32 Å². The van der Waals surface area contributed by atoms with Crippen LogP contribution in [0.3, 0.4) is 0 Å². The van der Waals surface area contributed by atoms with Crippen molar-refractivity contribution in [3.8, 4) is 0 Å². The molecule has 2 rings (SSSR count). The molecule has 1 aromatic carbocycles. The van der Waals surface area contributed by atoms with E-state index in [4.69, 9.17) is 4.74 Å². The Labute approximate surface area is 121 Å². The van der Waals surface area contributed by atoms with Crippen molar-refractivity contribution in [2.24, 2.45) is 5.92 Å². The van der Waals surface area contributed by atoms with Crippen molar-refractivity contribution in [2.75, 3.05) is 24.2 Å². The zero-order chi connectivity index (χ0) is 14.6. The molecule has 4 nitrogen and oxygen atoms in total. The first kappa shape index (κ1) is 15.3. The summed E-state index contributed by atoms with van der Waals surface area (Å²) >= 11 is 0. The number of para-hydroxylation sites is 1. The average molecular weight is 297 g/mol. The van der Waals surface area contributed by atoms with E-state index in [1.165, 1.54) is 0 Å². The lowest BCUT2D eigenvalue weighted by Crippen LogP contribution is -2.23. The fourth-order valence-electron chi connectivity index (χ4n) is 2.66. The van der Waals surface area contributed by atoms with Crippen LogP contribution in [0.2, 0.25) is 0 Å². The van der Waals surface area contributed by atoms with E-state index in [0.717, 1.165) is 26.0 Å². The zero-order valence-corrected chi connectivity index (χ0v) is 12.9. The van der Waals surface area contributed by atoms with Crippen LogP contribution in [0.15, 0.2) is 29.2 Å². The summed E-state index contributed by atoms with van der Waals surface area (Å²) in [5.74, 6) is 0.577. The molecule has 0 bridgehead atoms. The number of hydrogen-bond acceptors (Lipinski definition) is 4. The van der Waals surface area contributed by atoms with Crippen LogP contribution in [0.5, 0.6) is 0 Å². The summed E-state index contributed by atoms with van der Waals surface area (Å²) in [6.45, 7) is 5.36. The molecule has 0 amide bonds. The molecule has 0 aromatic heterocycles. The Morgan fingerprint density at radius 1 is 1.30 bits per heavy atom. The van der Waals surface area contributed by atoms with Crippen molar-refractivity contribution in [3.05, 3.63) is 24.3 Å². The number of rotatable bonds is 6. The lowest BCUT2D eigenvalue weighted by atomic mass is 9.99. The molecule has 0 radical (unpaired) electrons. The minimum Gasteiger partial charge on any atom is -0.384 e. The van der Waals surface area contributed by atoms with Gasteiger partial charge in [0.05, 0.1) is 22.4 Å². The van der Waals surface area contributed by atoms with E-state index in [-0.39, 0.29) is 11.9 Å². The van der Waals surface area contributed by atoms with Gasteiger partial charge in [0.2, 0.25) is 0 Å². The Morgan fingerprint density at radius 3 is 2.75 bits per heavy atom. The second kappa shape index (κ2) is 6.59. The highest BCUT2D eigenvalue weighted by molar-refractivity contribution is 7.91. The minimum absolute atomic E-state index is 0.121. The highest BCUT2D eigenvalue weighted by Gasteiger charge is 2.26. The minimum atomic E-state index is -3.19. The third-order valence-electron chi connectivity index (χ3n) is 3.91. The molecule has 1 heterocycles. The first-order chi connectivity index (χ1) is 9.58. The molecule has 1 N–H and O–H groups in total. The fourth-order valence-corrected chi connectivity index (χ4v) is 3.73. The monoisotopic (exact) mass is 297 g/mol. The maximum atomic E-state index is 12.1. The normalized spacial score (nSPS) is 22.9. The van der Waals surface area contributed by atoms with Gasteiger partial charge in [-0.25, -0.2) is 8.42 Å². The van der Waals surface area contributed by atoms with Gasteiger partial charge in [0.15, 0.2) is 9.84 Å². The van der Waals surface area contributed by atoms with Crippen molar-refractivity contribution >= 4 is 15.5 Å². The lowest BCUT2D eigenvalue weighted by Gasteiger charge is -2.19. The molecule has 2 atom stereocenters. The van der Waals surface area contributed by atoms with E-state index in [1.807, 2.05) is 12.1 Å². The molecule has 1 aromatic rings. The molecule has 1 saturated heterocycles. The van der Waals surface area contributed by atoms with Gasteiger partial charge >= 0.3 is 0 Å². The molecule has 1 aliphatic heterocycles. The van der Waals surface area contributed by atoms with Crippen LogP contribution in [0.1, 0.15) is 26.7 Å². The van der Waals surface area contributed by atoms with E-state index in [9.17, 15) is 8.42 Å². The fraction of sp³-hybridized carbons (Fsp3) is 0.600. The van der Waals surface area contributed by atoms with Gasteiger partial charge in [-0.1, -0.05) is 26.0 Å². The summed E-state index contributed by atoms with van der Waals surface area (Å²) in [7, 11) is -3.19. The molecule has 1 fully saturated rings. The Morgan fingerprint density at radius 2 is 2.05 bits per heavy atom. The van der Waals surface area contributed by atoms with E-state index < -0.39 is 9.84 Å². The van der Waals surface area contributed by atoms with Crippen LogP contribution in [0, 0.1) is 5.92 Å². The maximum Gasteiger partial charge on any atom is 0.180 e. The average Bonchev–Trinajstić information content (AvgIpc) is 2.93. The number of anilines is 1. The molecule has 0 saturated carbocycles. The van der Waals surface area contributed by atoms with E-state index in [2.05, 4.69) is 12.2 Å². The topological polar surface area (TPSA) is 55.4 Å². The molecule has 112 valence electrons. The first-order valence-corrected chi connectivity index (χ1v) is 8.91. The predicted octanol–water partition coefficient (Wildman–Crippen LogP) is 2.71. The summed E-state index contributed by atoms with van der Waals surface area (Å²) in [5.41, 5.74) is 0.705. The van der Waals surface area contributed by atoms with Crippen molar-refractivity contribution in [2.45, 2.75) is 37.7 Å². The third kappa shape index (κ3) is 3.33. The van der Waals surface area contributed by atoms with Crippen molar-refractivity contribution in [3.63, 3.8) is 0 Å². The van der Waals surface area contributed by atoms with Crippen LogP contribution >= 0.6 is 0 Å². The van der Waals surface area contributed by atoms with Crippen LogP contribution in [0.25, 0.3) is 0 Å². The van der Waals surface area contributed by atoms with Gasteiger partial charge in [-0.05, 0) is 25.0 Å². The summed E-state index contributed by atoms with van der Waals surface area (Å²) in [6.07, 6.45) is 2.33. The molecule has 5 heteroatoms.